The maximum absolute atomic E-state index is 12.7. The highest BCUT2D eigenvalue weighted by molar-refractivity contribution is 6.54. The molecule has 0 aliphatic carbocycles. The van der Waals surface area contributed by atoms with Crippen molar-refractivity contribution in [1.82, 2.24) is 4.90 Å². The second-order valence-electron chi connectivity index (χ2n) is 6.28. The van der Waals surface area contributed by atoms with E-state index < -0.39 is 35.2 Å². The fourth-order valence-electron chi connectivity index (χ4n) is 3.54. The number of Topliss-reactive ketones (excluding diaryl/α,β-unsaturated/α-hetero) is 1. The Morgan fingerprint density at radius 1 is 1.03 bits per heavy atom. The smallest absolute Gasteiger partial charge is 0.344 e. The molecule has 2 aliphatic heterocycles. The van der Waals surface area contributed by atoms with E-state index in [0.717, 1.165) is 4.90 Å². The molecule has 1 amide bonds. The standard InChI is InChI=1S/C20H21NO8/c1-5-28-19(24)12-7-10-8-13(26-3)14(27-4)9-11(10)16-15(20(25)29-6-2)17(22)18(23)21(12)16/h8-9,12H,5-7H2,1-4H3/t12-/m0/s1. The number of benzene rings is 1. The molecule has 3 rings (SSSR count). The van der Waals surface area contributed by atoms with Crippen LogP contribution in [-0.2, 0) is 35.1 Å². The van der Waals surface area contributed by atoms with Gasteiger partial charge in [-0.05, 0) is 31.5 Å². The monoisotopic (exact) mass is 403 g/mol. The summed E-state index contributed by atoms with van der Waals surface area (Å²) in [5, 5.41) is 0. The van der Waals surface area contributed by atoms with Crippen LogP contribution in [0.1, 0.15) is 25.0 Å². The van der Waals surface area contributed by atoms with Crippen LogP contribution in [0.4, 0.5) is 0 Å². The highest BCUT2D eigenvalue weighted by Crippen LogP contribution is 2.44. The van der Waals surface area contributed by atoms with Gasteiger partial charge in [-0.2, -0.15) is 0 Å². The number of hydrogen-bond donors (Lipinski definition) is 0. The summed E-state index contributed by atoms with van der Waals surface area (Å²) in [6, 6.07) is 2.14. The van der Waals surface area contributed by atoms with Gasteiger partial charge in [-0.25, -0.2) is 9.59 Å². The molecule has 9 heteroatoms. The maximum Gasteiger partial charge on any atom is 0.344 e. The van der Waals surface area contributed by atoms with Crippen LogP contribution in [0.15, 0.2) is 17.7 Å². The van der Waals surface area contributed by atoms with Crippen molar-refractivity contribution in [3.8, 4) is 11.5 Å². The van der Waals surface area contributed by atoms with Crippen LogP contribution in [0, 0.1) is 0 Å². The lowest BCUT2D eigenvalue weighted by atomic mass is 9.90. The van der Waals surface area contributed by atoms with Crippen LogP contribution in [-0.4, -0.2) is 62.0 Å². The molecule has 154 valence electrons. The van der Waals surface area contributed by atoms with E-state index in [0.29, 0.717) is 22.6 Å². The highest BCUT2D eigenvalue weighted by Gasteiger charge is 2.51. The molecule has 9 nitrogen and oxygen atoms in total. The van der Waals surface area contributed by atoms with Gasteiger partial charge in [0.1, 0.15) is 11.6 Å². The van der Waals surface area contributed by atoms with E-state index in [9.17, 15) is 19.2 Å². The first-order chi connectivity index (χ1) is 13.9. The maximum atomic E-state index is 12.7. The molecule has 0 bridgehead atoms. The molecule has 2 aliphatic rings. The van der Waals surface area contributed by atoms with Crippen LogP contribution < -0.4 is 9.47 Å². The van der Waals surface area contributed by atoms with Gasteiger partial charge in [0, 0.05) is 12.0 Å². The van der Waals surface area contributed by atoms with E-state index in [-0.39, 0.29) is 25.3 Å². The van der Waals surface area contributed by atoms with E-state index in [2.05, 4.69) is 0 Å². The minimum Gasteiger partial charge on any atom is -0.493 e. The third-order valence-corrected chi connectivity index (χ3v) is 4.75. The SMILES string of the molecule is CCOC(=O)C1=C2c3cc(OC)c(OC)cc3C[C@@H](C(=O)OCC)N2C(=O)C1=O. The van der Waals surface area contributed by atoms with Gasteiger partial charge >= 0.3 is 17.8 Å². The summed E-state index contributed by atoms with van der Waals surface area (Å²) in [4.78, 5) is 51.5. The van der Waals surface area contributed by atoms with Crippen LogP contribution in [0.25, 0.3) is 5.70 Å². The van der Waals surface area contributed by atoms with Gasteiger partial charge in [0.05, 0.1) is 33.1 Å². The summed E-state index contributed by atoms with van der Waals surface area (Å²) >= 11 is 0. The Morgan fingerprint density at radius 3 is 2.24 bits per heavy atom. The largest absolute Gasteiger partial charge is 0.493 e. The van der Waals surface area contributed by atoms with Crippen LogP contribution in [0.3, 0.4) is 0 Å². The predicted octanol–water partition coefficient (Wildman–Crippen LogP) is 0.877. The fourth-order valence-corrected chi connectivity index (χ4v) is 3.54. The second-order valence-corrected chi connectivity index (χ2v) is 6.28. The molecule has 0 radical (unpaired) electrons. The van der Waals surface area contributed by atoms with E-state index in [1.807, 2.05) is 0 Å². The van der Waals surface area contributed by atoms with Crippen molar-refractivity contribution in [2.45, 2.75) is 26.3 Å². The first-order valence-electron chi connectivity index (χ1n) is 9.10. The molecule has 0 aromatic heterocycles. The highest BCUT2D eigenvalue weighted by atomic mass is 16.5. The Balaban J connectivity index is 2.29. The lowest BCUT2D eigenvalue weighted by Crippen LogP contribution is -2.47. The van der Waals surface area contributed by atoms with Crippen LogP contribution in [0.5, 0.6) is 11.5 Å². The molecule has 0 saturated heterocycles. The summed E-state index contributed by atoms with van der Waals surface area (Å²) in [6.07, 6.45) is 0.0904. The molecule has 0 spiro atoms. The zero-order valence-corrected chi connectivity index (χ0v) is 16.6. The van der Waals surface area contributed by atoms with Crippen molar-refractivity contribution in [3.05, 3.63) is 28.8 Å². The summed E-state index contributed by atoms with van der Waals surface area (Å²) in [7, 11) is 2.91. The van der Waals surface area contributed by atoms with Crippen LogP contribution >= 0.6 is 0 Å². The Kier molecular flexibility index (Phi) is 5.58. The van der Waals surface area contributed by atoms with E-state index >= 15 is 0 Å². The molecular formula is C20H21NO8. The Hall–Kier alpha value is -3.36. The summed E-state index contributed by atoms with van der Waals surface area (Å²) in [5.41, 5.74) is 0.653. The molecule has 1 aromatic rings. The van der Waals surface area contributed by atoms with Gasteiger partial charge in [-0.15, -0.1) is 0 Å². The topological polar surface area (TPSA) is 108 Å². The molecule has 2 heterocycles. The molecular weight excluding hydrogens is 382 g/mol. The number of esters is 2. The molecule has 1 aromatic carbocycles. The van der Waals surface area contributed by atoms with Crippen molar-refractivity contribution < 1.29 is 38.1 Å². The van der Waals surface area contributed by atoms with Crippen molar-refractivity contribution in [1.29, 1.82) is 0 Å². The number of rotatable bonds is 6. The van der Waals surface area contributed by atoms with Crippen molar-refractivity contribution in [2.75, 3.05) is 27.4 Å². The number of ketones is 1. The summed E-state index contributed by atoms with van der Waals surface area (Å²) < 4.78 is 20.7. The fraction of sp³-hybridized carbons (Fsp3) is 0.400. The number of carbonyl (C=O) groups is 4. The normalized spacial score (nSPS) is 17.7. The molecule has 29 heavy (non-hydrogen) atoms. The van der Waals surface area contributed by atoms with Gasteiger partial charge in [0.2, 0.25) is 0 Å². The molecule has 0 saturated carbocycles. The average molecular weight is 403 g/mol. The number of methoxy groups -OCH3 is 2. The van der Waals surface area contributed by atoms with Gasteiger partial charge in [0.15, 0.2) is 11.5 Å². The van der Waals surface area contributed by atoms with Crippen molar-refractivity contribution >= 4 is 29.3 Å². The van der Waals surface area contributed by atoms with Gasteiger partial charge in [-0.1, -0.05) is 0 Å². The van der Waals surface area contributed by atoms with Crippen molar-refractivity contribution in [2.24, 2.45) is 0 Å². The minimum atomic E-state index is -1.08. The predicted molar refractivity (Wildman–Crippen MR) is 99.1 cm³/mol. The zero-order valence-electron chi connectivity index (χ0n) is 16.6. The first kappa shape index (κ1) is 20.4. The molecule has 0 unspecified atom stereocenters. The number of carbonyl (C=O) groups excluding carboxylic acids is 4. The number of nitrogens with zero attached hydrogens (tertiary/aromatic N) is 1. The third-order valence-electron chi connectivity index (χ3n) is 4.75. The lowest BCUT2D eigenvalue weighted by Gasteiger charge is -2.34. The van der Waals surface area contributed by atoms with Gasteiger partial charge in [0.25, 0.3) is 5.78 Å². The van der Waals surface area contributed by atoms with Crippen LogP contribution in [0.2, 0.25) is 0 Å². The Labute approximate surface area is 167 Å². The second kappa shape index (κ2) is 7.94. The van der Waals surface area contributed by atoms with E-state index in [4.69, 9.17) is 18.9 Å². The Morgan fingerprint density at radius 2 is 1.66 bits per heavy atom. The zero-order chi connectivity index (χ0) is 21.3. The van der Waals surface area contributed by atoms with Crippen molar-refractivity contribution in [3.63, 3.8) is 0 Å². The third kappa shape index (κ3) is 3.22. The van der Waals surface area contributed by atoms with Gasteiger partial charge < -0.3 is 18.9 Å². The summed E-state index contributed by atoms with van der Waals surface area (Å²) in [5.74, 6) is -2.82. The Bertz CT molecular complexity index is 933. The first-order valence-corrected chi connectivity index (χ1v) is 9.10. The lowest BCUT2D eigenvalue weighted by molar-refractivity contribution is -0.153. The number of fused-ring (bicyclic) bond motifs is 3. The minimum absolute atomic E-state index is 0.0250. The van der Waals surface area contributed by atoms with Gasteiger partial charge in [-0.3, -0.25) is 14.5 Å². The summed E-state index contributed by atoms with van der Waals surface area (Å²) in [6.45, 7) is 3.36. The number of hydrogen-bond acceptors (Lipinski definition) is 8. The molecule has 0 N–H and O–H groups in total. The quantitative estimate of drug-likeness (QED) is 0.391. The van der Waals surface area contributed by atoms with E-state index in [1.54, 1.807) is 26.0 Å². The molecule has 0 fully saturated rings. The number of amides is 1. The van der Waals surface area contributed by atoms with E-state index in [1.165, 1.54) is 14.2 Å². The number of ether oxygens (including phenoxy) is 4. The molecule has 1 atom stereocenters. The average Bonchev–Trinajstić information content (AvgIpc) is 2.98.